The highest BCUT2D eigenvalue weighted by Crippen LogP contribution is 2.26. The zero-order chi connectivity index (χ0) is 18.8. The van der Waals surface area contributed by atoms with Gasteiger partial charge in [0.05, 0.1) is 11.1 Å². The molecular weight excluding hydrogens is 362 g/mol. The molecule has 0 amide bonds. The molecule has 0 saturated heterocycles. The van der Waals surface area contributed by atoms with Gasteiger partial charge in [-0.3, -0.25) is 9.36 Å². The number of para-hydroxylation sites is 2. The number of hydrogen-bond acceptors (Lipinski definition) is 3. The molecule has 0 N–H and O–H groups in total. The van der Waals surface area contributed by atoms with Gasteiger partial charge in [0.2, 0.25) is 0 Å². The van der Waals surface area contributed by atoms with Crippen LogP contribution in [0, 0.1) is 0 Å². The second-order valence-corrected chi connectivity index (χ2v) is 6.37. The lowest BCUT2D eigenvalue weighted by Crippen LogP contribution is -2.19. The van der Waals surface area contributed by atoms with Gasteiger partial charge in [-0.05, 0) is 48.5 Å². The number of benzene rings is 3. The second kappa shape index (κ2) is 7.09. The topological polar surface area (TPSA) is 48.3 Å². The van der Waals surface area contributed by atoms with Gasteiger partial charge in [-0.25, -0.2) is 4.79 Å². The molecule has 0 aliphatic rings. The first-order chi connectivity index (χ1) is 13.1. The molecule has 132 valence electrons. The largest absolute Gasteiger partial charge is 0.422 e. The van der Waals surface area contributed by atoms with Crippen LogP contribution in [0.2, 0.25) is 5.02 Å². The number of carbonyl (C=O) groups is 1. The summed E-state index contributed by atoms with van der Waals surface area (Å²) in [6.07, 6.45) is 0. The summed E-state index contributed by atoms with van der Waals surface area (Å²) in [6.45, 7) is 0. The van der Waals surface area contributed by atoms with E-state index < -0.39 is 5.97 Å². The quantitative estimate of drug-likeness (QED) is 0.480. The lowest BCUT2D eigenvalue weighted by atomic mass is 10.1. The Morgan fingerprint density at radius 3 is 2.26 bits per heavy atom. The van der Waals surface area contributed by atoms with Crippen molar-refractivity contribution in [1.29, 1.82) is 0 Å². The molecule has 27 heavy (non-hydrogen) atoms. The smallest absolute Gasteiger partial charge is 0.343 e. The summed E-state index contributed by atoms with van der Waals surface area (Å²) in [5, 5.41) is 1.20. The minimum atomic E-state index is -0.548. The standard InChI is InChI=1S/C22H14ClNO3/c23-16-12-10-15(11-13-16)22(26)27-20-14-21(25)24(17-6-2-1-3-7-17)19-9-5-4-8-18(19)20/h1-14H. The van der Waals surface area contributed by atoms with Gasteiger partial charge < -0.3 is 4.74 Å². The number of pyridine rings is 1. The fourth-order valence-electron chi connectivity index (χ4n) is 2.92. The lowest BCUT2D eigenvalue weighted by molar-refractivity contribution is 0.0737. The molecule has 0 saturated carbocycles. The summed E-state index contributed by atoms with van der Waals surface area (Å²) in [5.41, 5.74) is 1.49. The number of carbonyl (C=O) groups excluding carboxylic acids is 1. The Morgan fingerprint density at radius 2 is 1.52 bits per heavy atom. The SMILES string of the molecule is O=C(Oc1cc(=O)n(-c2ccccc2)c2ccccc12)c1ccc(Cl)cc1. The van der Waals surface area contributed by atoms with Gasteiger partial charge in [-0.15, -0.1) is 0 Å². The third-order valence-corrected chi connectivity index (χ3v) is 4.43. The lowest BCUT2D eigenvalue weighted by Gasteiger charge is -2.13. The van der Waals surface area contributed by atoms with E-state index in [1.807, 2.05) is 54.6 Å². The van der Waals surface area contributed by atoms with Crippen molar-refractivity contribution in [2.45, 2.75) is 0 Å². The molecule has 1 aromatic heterocycles. The van der Waals surface area contributed by atoms with E-state index in [4.69, 9.17) is 16.3 Å². The summed E-state index contributed by atoms with van der Waals surface area (Å²) in [6, 6.07) is 24.4. The van der Waals surface area contributed by atoms with Crippen LogP contribution >= 0.6 is 11.6 Å². The molecule has 4 aromatic rings. The summed E-state index contributed by atoms with van der Waals surface area (Å²) in [4.78, 5) is 25.2. The van der Waals surface area contributed by atoms with E-state index in [0.717, 1.165) is 5.69 Å². The summed E-state index contributed by atoms with van der Waals surface area (Å²) < 4.78 is 7.12. The average molecular weight is 376 g/mol. The molecule has 0 atom stereocenters. The van der Waals surface area contributed by atoms with Crippen LogP contribution in [-0.4, -0.2) is 10.5 Å². The number of ether oxygens (including phenoxy) is 1. The van der Waals surface area contributed by atoms with Crippen LogP contribution in [0.3, 0.4) is 0 Å². The van der Waals surface area contributed by atoms with Gasteiger partial charge in [0.25, 0.3) is 5.56 Å². The Bertz CT molecular complexity index is 1180. The van der Waals surface area contributed by atoms with Crippen LogP contribution < -0.4 is 10.3 Å². The van der Waals surface area contributed by atoms with Crippen molar-refractivity contribution < 1.29 is 9.53 Å². The zero-order valence-electron chi connectivity index (χ0n) is 14.1. The molecular formula is C22H14ClNO3. The fraction of sp³-hybridized carbons (Fsp3) is 0. The number of rotatable bonds is 3. The summed E-state index contributed by atoms with van der Waals surface area (Å²) in [5.74, 6) is -0.323. The van der Waals surface area contributed by atoms with Crippen molar-refractivity contribution in [3.05, 3.63) is 106 Å². The molecule has 3 aromatic carbocycles. The van der Waals surface area contributed by atoms with E-state index >= 15 is 0 Å². The second-order valence-electron chi connectivity index (χ2n) is 5.93. The van der Waals surface area contributed by atoms with Gasteiger partial charge in [0.1, 0.15) is 5.75 Å². The van der Waals surface area contributed by atoms with Gasteiger partial charge in [0, 0.05) is 22.2 Å². The Morgan fingerprint density at radius 1 is 0.852 bits per heavy atom. The molecule has 1 heterocycles. The van der Waals surface area contributed by atoms with Crippen LogP contribution in [-0.2, 0) is 0 Å². The van der Waals surface area contributed by atoms with Crippen LogP contribution in [0.4, 0.5) is 0 Å². The third-order valence-electron chi connectivity index (χ3n) is 4.18. The normalized spacial score (nSPS) is 10.7. The van der Waals surface area contributed by atoms with Crippen molar-refractivity contribution in [1.82, 2.24) is 4.57 Å². The third kappa shape index (κ3) is 3.35. The minimum Gasteiger partial charge on any atom is -0.422 e. The van der Waals surface area contributed by atoms with Crippen molar-refractivity contribution in [2.75, 3.05) is 0 Å². The predicted octanol–water partition coefficient (Wildman–Crippen LogP) is 4.86. The number of esters is 1. The number of hydrogen-bond donors (Lipinski definition) is 0. The maximum absolute atomic E-state index is 12.8. The fourth-order valence-corrected chi connectivity index (χ4v) is 3.05. The number of nitrogens with zero attached hydrogens (tertiary/aromatic N) is 1. The van der Waals surface area contributed by atoms with E-state index in [2.05, 4.69) is 0 Å². The molecule has 0 fully saturated rings. The Balaban J connectivity index is 1.82. The molecule has 5 heteroatoms. The van der Waals surface area contributed by atoms with Gasteiger partial charge in [0.15, 0.2) is 0 Å². The number of aromatic nitrogens is 1. The average Bonchev–Trinajstić information content (AvgIpc) is 2.69. The first-order valence-corrected chi connectivity index (χ1v) is 8.69. The first kappa shape index (κ1) is 17.1. The highest BCUT2D eigenvalue weighted by atomic mass is 35.5. The molecule has 4 rings (SSSR count). The molecule has 4 nitrogen and oxygen atoms in total. The van der Waals surface area contributed by atoms with E-state index in [1.165, 1.54) is 6.07 Å². The molecule has 0 aliphatic carbocycles. The van der Waals surface area contributed by atoms with Crippen molar-refractivity contribution >= 4 is 28.5 Å². The van der Waals surface area contributed by atoms with E-state index in [-0.39, 0.29) is 11.3 Å². The van der Waals surface area contributed by atoms with Crippen LogP contribution in [0.25, 0.3) is 16.6 Å². The predicted molar refractivity (Wildman–Crippen MR) is 106 cm³/mol. The molecule has 0 bridgehead atoms. The number of halogens is 1. The van der Waals surface area contributed by atoms with Gasteiger partial charge in [-0.2, -0.15) is 0 Å². The first-order valence-electron chi connectivity index (χ1n) is 8.31. The molecule has 0 spiro atoms. The van der Waals surface area contributed by atoms with Crippen molar-refractivity contribution in [3.63, 3.8) is 0 Å². The van der Waals surface area contributed by atoms with Crippen LogP contribution in [0.15, 0.2) is 89.7 Å². The Labute approximate surface area is 160 Å². The summed E-state index contributed by atoms with van der Waals surface area (Å²) >= 11 is 5.85. The van der Waals surface area contributed by atoms with Crippen LogP contribution in [0.5, 0.6) is 5.75 Å². The molecule has 0 unspecified atom stereocenters. The zero-order valence-corrected chi connectivity index (χ0v) is 14.9. The van der Waals surface area contributed by atoms with E-state index in [1.54, 1.807) is 28.8 Å². The summed E-state index contributed by atoms with van der Waals surface area (Å²) in [7, 11) is 0. The van der Waals surface area contributed by atoms with Crippen molar-refractivity contribution in [3.8, 4) is 11.4 Å². The van der Waals surface area contributed by atoms with E-state index in [0.29, 0.717) is 21.5 Å². The number of fused-ring (bicyclic) bond motifs is 1. The Hall–Kier alpha value is -3.37. The highest BCUT2D eigenvalue weighted by Gasteiger charge is 2.15. The van der Waals surface area contributed by atoms with Gasteiger partial charge >= 0.3 is 5.97 Å². The minimum absolute atomic E-state index is 0.225. The van der Waals surface area contributed by atoms with Gasteiger partial charge in [-0.1, -0.05) is 41.9 Å². The maximum Gasteiger partial charge on any atom is 0.343 e. The Kier molecular flexibility index (Phi) is 4.48. The van der Waals surface area contributed by atoms with E-state index in [9.17, 15) is 9.59 Å². The van der Waals surface area contributed by atoms with Crippen LogP contribution in [0.1, 0.15) is 10.4 Å². The maximum atomic E-state index is 12.8. The molecule has 0 aliphatic heterocycles. The highest BCUT2D eigenvalue weighted by molar-refractivity contribution is 6.30. The van der Waals surface area contributed by atoms with Crippen molar-refractivity contribution in [2.24, 2.45) is 0 Å². The monoisotopic (exact) mass is 375 g/mol. The molecule has 0 radical (unpaired) electrons.